The van der Waals surface area contributed by atoms with E-state index in [1.54, 1.807) is 10.8 Å². The van der Waals surface area contributed by atoms with Crippen molar-refractivity contribution >= 4 is 27.8 Å². The van der Waals surface area contributed by atoms with Gasteiger partial charge < -0.3 is 5.32 Å². The van der Waals surface area contributed by atoms with E-state index < -0.39 is 15.9 Å². The molecular weight excluding hydrogens is 496 g/mol. The number of aryl methyl sites for hydroxylation is 2. The molecule has 1 aromatic heterocycles. The Bertz CT molecular complexity index is 1530. The predicted molar refractivity (Wildman–Crippen MR) is 153 cm³/mol. The van der Waals surface area contributed by atoms with Crippen LogP contribution in [0, 0.1) is 13.8 Å². The highest BCUT2D eigenvalue weighted by atomic mass is 32.2. The van der Waals surface area contributed by atoms with Gasteiger partial charge in [-0.05, 0) is 49.1 Å². The first-order valence-electron chi connectivity index (χ1n) is 12.5. The molecule has 0 aliphatic carbocycles. The van der Waals surface area contributed by atoms with Gasteiger partial charge in [-0.1, -0.05) is 85.8 Å². The summed E-state index contributed by atoms with van der Waals surface area (Å²) in [4.78, 5) is 13.4. The third-order valence-corrected chi connectivity index (χ3v) is 7.62. The Morgan fingerprint density at radius 2 is 1.58 bits per heavy atom. The summed E-state index contributed by atoms with van der Waals surface area (Å²) >= 11 is 0. The Morgan fingerprint density at radius 3 is 2.24 bits per heavy atom. The molecule has 0 fully saturated rings. The molecular formula is C30H32N4O3S. The molecule has 0 saturated heterocycles. The van der Waals surface area contributed by atoms with E-state index in [9.17, 15) is 13.2 Å². The van der Waals surface area contributed by atoms with E-state index in [1.807, 2.05) is 106 Å². The predicted octanol–water partition coefficient (Wildman–Crippen LogP) is 5.81. The molecule has 38 heavy (non-hydrogen) atoms. The minimum absolute atomic E-state index is 0.219. The van der Waals surface area contributed by atoms with Crippen LogP contribution in [0.25, 0.3) is 22.9 Å². The zero-order valence-corrected chi connectivity index (χ0v) is 22.7. The molecule has 3 aromatic carbocycles. The number of hydrogen-bond donors (Lipinski definition) is 1. The summed E-state index contributed by atoms with van der Waals surface area (Å²) in [6.45, 7) is 5.66. The number of rotatable bonds is 10. The standard InChI is InChI=1S/C30H32N4O3S/c1-4-20-33(38(36,37)21-19-25-14-7-5-8-15-25)22-28(35)31-30-29(26-16-9-6-10-17-26)24(3)32-34(30)27-18-12-11-13-23(27)2/h5-19,21H,4,20,22H2,1-3H3,(H,31,35). The van der Waals surface area contributed by atoms with Crippen molar-refractivity contribution in [3.63, 3.8) is 0 Å². The third kappa shape index (κ3) is 6.27. The van der Waals surface area contributed by atoms with Gasteiger partial charge in [-0.15, -0.1) is 0 Å². The number of benzene rings is 3. The van der Waals surface area contributed by atoms with Crippen molar-refractivity contribution in [3.05, 3.63) is 107 Å². The average Bonchev–Trinajstić information content (AvgIpc) is 3.23. The van der Waals surface area contributed by atoms with Crippen LogP contribution in [0.15, 0.2) is 90.3 Å². The van der Waals surface area contributed by atoms with Gasteiger partial charge in [-0.25, -0.2) is 13.1 Å². The lowest BCUT2D eigenvalue weighted by atomic mass is 10.1. The molecule has 0 atom stereocenters. The fraction of sp³-hybridized carbons (Fsp3) is 0.200. The molecule has 0 unspecified atom stereocenters. The Balaban J connectivity index is 1.67. The maximum atomic E-state index is 13.4. The Kier molecular flexibility index (Phi) is 8.55. The van der Waals surface area contributed by atoms with Gasteiger partial charge in [-0.3, -0.25) is 4.79 Å². The Morgan fingerprint density at radius 1 is 0.947 bits per heavy atom. The normalized spacial score (nSPS) is 11.8. The minimum atomic E-state index is -3.83. The van der Waals surface area contributed by atoms with Crippen molar-refractivity contribution < 1.29 is 13.2 Å². The van der Waals surface area contributed by atoms with Gasteiger partial charge >= 0.3 is 0 Å². The molecule has 0 bridgehead atoms. The van der Waals surface area contributed by atoms with Gasteiger partial charge in [0.05, 0.1) is 17.9 Å². The molecule has 4 rings (SSSR count). The van der Waals surface area contributed by atoms with Crippen molar-refractivity contribution in [2.45, 2.75) is 27.2 Å². The maximum Gasteiger partial charge on any atom is 0.240 e. The molecule has 1 heterocycles. The van der Waals surface area contributed by atoms with Crippen LogP contribution in [0.4, 0.5) is 5.82 Å². The fourth-order valence-electron chi connectivity index (χ4n) is 4.26. The largest absolute Gasteiger partial charge is 0.309 e. The van der Waals surface area contributed by atoms with Crippen LogP contribution in [0.2, 0.25) is 0 Å². The first-order chi connectivity index (χ1) is 18.3. The third-order valence-electron chi connectivity index (χ3n) is 6.11. The number of hydrogen-bond acceptors (Lipinski definition) is 4. The van der Waals surface area contributed by atoms with Crippen LogP contribution in [0.3, 0.4) is 0 Å². The second kappa shape index (κ2) is 12.0. The molecule has 0 radical (unpaired) electrons. The summed E-state index contributed by atoms with van der Waals surface area (Å²) in [5.74, 6) is 0.0590. The second-order valence-electron chi connectivity index (χ2n) is 9.01. The van der Waals surface area contributed by atoms with Crippen molar-refractivity contribution in [1.29, 1.82) is 0 Å². The van der Waals surface area contributed by atoms with Gasteiger partial charge in [0, 0.05) is 17.5 Å². The van der Waals surface area contributed by atoms with Gasteiger partial charge in [0.25, 0.3) is 0 Å². The molecule has 0 aliphatic rings. The van der Waals surface area contributed by atoms with Crippen LogP contribution in [0.1, 0.15) is 30.2 Å². The zero-order valence-electron chi connectivity index (χ0n) is 21.8. The van der Waals surface area contributed by atoms with Crippen LogP contribution in [-0.2, 0) is 14.8 Å². The molecule has 7 nitrogen and oxygen atoms in total. The number of aromatic nitrogens is 2. The van der Waals surface area contributed by atoms with E-state index in [-0.39, 0.29) is 13.1 Å². The van der Waals surface area contributed by atoms with Gasteiger partial charge in [0.2, 0.25) is 15.9 Å². The number of nitrogens with zero attached hydrogens (tertiary/aromatic N) is 3. The van der Waals surface area contributed by atoms with E-state index in [1.165, 1.54) is 4.31 Å². The van der Waals surface area contributed by atoms with Gasteiger partial charge in [0.1, 0.15) is 5.82 Å². The molecule has 1 N–H and O–H groups in total. The molecule has 4 aromatic rings. The first-order valence-corrected chi connectivity index (χ1v) is 14.0. The number of para-hydroxylation sites is 1. The summed E-state index contributed by atoms with van der Waals surface area (Å²) in [5, 5.41) is 8.90. The molecule has 1 amide bonds. The van der Waals surface area contributed by atoms with E-state index in [0.717, 1.165) is 39.0 Å². The number of nitrogens with one attached hydrogen (secondary N) is 1. The number of anilines is 1. The monoisotopic (exact) mass is 528 g/mol. The number of carbonyl (C=O) groups is 1. The number of carbonyl (C=O) groups excluding carboxylic acids is 1. The highest BCUT2D eigenvalue weighted by molar-refractivity contribution is 7.92. The lowest BCUT2D eigenvalue weighted by Gasteiger charge is -2.20. The molecule has 8 heteroatoms. The van der Waals surface area contributed by atoms with Gasteiger partial charge in [0.15, 0.2) is 0 Å². The number of sulfonamides is 1. The summed E-state index contributed by atoms with van der Waals surface area (Å²) in [5.41, 5.74) is 5.03. The fourth-order valence-corrected chi connectivity index (χ4v) is 5.50. The first kappa shape index (κ1) is 27.0. The van der Waals surface area contributed by atoms with E-state index in [0.29, 0.717) is 12.2 Å². The Hall–Kier alpha value is -4.01. The van der Waals surface area contributed by atoms with Crippen molar-refractivity contribution in [2.24, 2.45) is 0 Å². The van der Waals surface area contributed by atoms with Crippen molar-refractivity contribution in [1.82, 2.24) is 14.1 Å². The molecule has 0 saturated carbocycles. The van der Waals surface area contributed by atoms with Crippen molar-refractivity contribution in [3.8, 4) is 16.8 Å². The highest BCUT2D eigenvalue weighted by Gasteiger charge is 2.25. The van der Waals surface area contributed by atoms with E-state index in [4.69, 9.17) is 5.10 Å². The molecule has 196 valence electrons. The van der Waals surface area contributed by atoms with Gasteiger partial charge in [-0.2, -0.15) is 9.40 Å². The summed E-state index contributed by atoms with van der Waals surface area (Å²) < 4.78 is 29.2. The zero-order chi connectivity index (χ0) is 27.1. The maximum absolute atomic E-state index is 13.4. The quantitative estimate of drug-likeness (QED) is 0.282. The Labute approximate surface area is 224 Å². The second-order valence-corrected chi connectivity index (χ2v) is 10.8. The summed E-state index contributed by atoms with van der Waals surface area (Å²) in [7, 11) is -3.83. The molecule has 0 spiro atoms. The van der Waals surface area contributed by atoms with Crippen LogP contribution < -0.4 is 5.32 Å². The molecule has 0 aliphatic heterocycles. The SMILES string of the molecule is CCCN(CC(=O)Nc1c(-c2ccccc2)c(C)nn1-c1ccccc1C)S(=O)(=O)C=Cc1ccccc1. The van der Waals surface area contributed by atoms with E-state index in [2.05, 4.69) is 5.32 Å². The van der Waals surface area contributed by atoms with E-state index >= 15 is 0 Å². The summed E-state index contributed by atoms with van der Waals surface area (Å²) in [6, 6.07) is 26.7. The minimum Gasteiger partial charge on any atom is -0.309 e. The smallest absolute Gasteiger partial charge is 0.240 e. The lowest BCUT2D eigenvalue weighted by Crippen LogP contribution is -2.37. The topological polar surface area (TPSA) is 84.3 Å². The average molecular weight is 529 g/mol. The lowest BCUT2D eigenvalue weighted by molar-refractivity contribution is -0.116. The van der Waals surface area contributed by atoms with Crippen LogP contribution >= 0.6 is 0 Å². The highest BCUT2D eigenvalue weighted by Crippen LogP contribution is 2.34. The van der Waals surface area contributed by atoms with Crippen molar-refractivity contribution in [2.75, 3.05) is 18.4 Å². The van der Waals surface area contributed by atoms with Crippen LogP contribution in [0.5, 0.6) is 0 Å². The summed E-state index contributed by atoms with van der Waals surface area (Å²) in [6.07, 6.45) is 2.11. The number of amides is 1. The van der Waals surface area contributed by atoms with Crippen LogP contribution in [-0.4, -0.2) is 41.5 Å².